The van der Waals surface area contributed by atoms with Crippen LogP contribution in [0.2, 0.25) is 0 Å². The van der Waals surface area contributed by atoms with Crippen molar-refractivity contribution in [2.24, 2.45) is 11.5 Å². The zero-order valence-corrected chi connectivity index (χ0v) is 8.53. The van der Waals surface area contributed by atoms with Crippen LogP contribution >= 0.6 is 11.8 Å². The van der Waals surface area contributed by atoms with Crippen molar-refractivity contribution in [1.29, 1.82) is 0 Å². The highest BCUT2D eigenvalue weighted by molar-refractivity contribution is 7.99. The number of aromatic nitrogens is 3. The lowest BCUT2D eigenvalue weighted by molar-refractivity contribution is -0.118. The summed E-state index contributed by atoms with van der Waals surface area (Å²) in [6, 6.07) is 0. The molecule has 0 aliphatic heterocycles. The highest BCUT2D eigenvalue weighted by Crippen LogP contribution is 2.17. The number of hydrogen-bond acceptors (Lipinski definition) is 6. The number of anilines is 1. The summed E-state index contributed by atoms with van der Waals surface area (Å²) in [6.45, 7) is -0.125. The molecule has 0 saturated heterocycles. The fraction of sp³-hybridized carbons (Fsp3) is 0.333. The van der Waals surface area contributed by atoms with Gasteiger partial charge in [-0.25, -0.2) is 0 Å². The molecule has 9 heteroatoms. The normalized spacial score (nSPS) is 10.1. The fourth-order valence-electron chi connectivity index (χ4n) is 0.847. The van der Waals surface area contributed by atoms with Gasteiger partial charge in [0.05, 0.1) is 5.75 Å². The number of hydrogen-bond donors (Lipinski definition) is 3. The number of carbonyl (C=O) groups is 2. The molecule has 0 spiro atoms. The lowest BCUT2D eigenvalue weighted by Gasteiger charge is -2.03. The minimum absolute atomic E-state index is 0.0386. The molecule has 0 atom stereocenters. The first-order chi connectivity index (χ1) is 7.00. The molecular weight excluding hydrogens is 220 g/mol. The standard InChI is InChI=1S/C6H10N6O2S/c7-3(13)1-12-5(9)10-11-6(12)15-2-4(8)14/h1-2H2,(H2,7,13)(H2,8,14)(H2,9,10). The maximum Gasteiger partial charge on any atom is 0.237 e. The van der Waals surface area contributed by atoms with E-state index in [0.29, 0.717) is 5.16 Å². The van der Waals surface area contributed by atoms with Crippen LogP contribution in [0.1, 0.15) is 0 Å². The molecule has 0 fully saturated rings. The number of rotatable bonds is 5. The Kier molecular flexibility index (Phi) is 3.50. The molecule has 0 radical (unpaired) electrons. The zero-order valence-electron chi connectivity index (χ0n) is 7.71. The summed E-state index contributed by atoms with van der Waals surface area (Å²) in [5.41, 5.74) is 15.4. The van der Waals surface area contributed by atoms with Crippen molar-refractivity contribution in [2.75, 3.05) is 11.5 Å². The summed E-state index contributed by atoms with van der Waals surface area (Å²) in [5.74, 6) is -0.952. The van der Waals surface area contributed by atoms with E-state index in [-0.39, 0.29) is 18.2 Å². The first kappa shape index (κ1) is 11.3. The minimum Gasteiger partial charge on any atom is -0.369 e. The highest BCUT2D eigenvalue weighted by atomic mass is 32.2. The molecule has 0 aromatic carbocycles. The van der Waals surface area contributed by atoms with Gasteiger partial charge in [0.1, 0.15) is 6.54 Å². The zero-order chi connectivity index (χ0) is 11.4. The summed E-state index contributed by atoms with van der Waals surface area (Å²) in [7, 11) is 0. The number of carbonyl (C=O) groups excluding carboxylic acids is 2. The van der Waals surface area contributed by atoms with Crippen LogP contribution in [0.4, 0.5) is 5.95 Å². The van der Waals surface area contributed by atoms with E-state index in [2.05, 4.69) is 10.2 Å². The summed E-state index contributed by atoms with van der Waals surface area (Å²) >= 11 is 1.04. The highest BCUT2D eigenvalue weighted by Gasteiger charge is 2.12. The van der Waals surface area contributed by atoms with E-state index in [1.165, 1.54) is 4.57 Å². The summed E-state index contributed by atoms with van der Waals surface area (Å²) < 4.78 is 1.32. The second-order valence-corrected chi connectivity index (χ2v) is 3.59. The molecule has 1 heterocycles. The molecular formula is C6H10N6O2S. The molecule has 2 amide bonds. The smallest absolute Gasteiger partial charge is 0.237 e. The molecule has 1 aromatic heterocycles. The second kappa shape index (κ2) is 4.64. The molecule has 0 aliphatic rings. The van der Waals surface area contributed by atoms with Crippen molar-refractivity contribution >= 4 is 29.5 Å². The Bertz CT molecular complexity index is 389. The van der Waals surface area contributed by atoms with Gasteiger partial charge in [-0.3, -0.25) is 14.2 Å². The fourth-order valence-corrected chi connectivity index (χ4v) is 1.53. The number of nitrogens with two attached hydrogens (primary N) is 3. The van der Waals surface area contributed by atoms with Gasteiger partial charge in [0.25, 0.3) is 0 Å². The van der Waals surface area contributed by atoms with E-state index < -0.39 is 11.8 Å². The minimum atomic E-state index is -0.567. The first-order valence-electron chi connectivity index (χ1n) is 3.88. The summed E-state index contributed by atoms with van der Waals surface area (Å²) in [5, 5.41) is 7.57. The molecule has 0 aliphatic carbocycles. The van der Waals surface area contributed by atoms with Crippen molar-refractivity contribution in [3.63, 3.8) is 0 Å². The van der Waals surface area contributed by atoms with Gasteiger partial charge < -0.3 is 17.2 Å². The Morgan fingerprint density at radius 2 is 1.93 bits per heavy atom. The molecule has 0 bridgehead atoms. The molecule has 1 rings (SSSR count). The van der Waals surface area contributed by atoms with Crippen LogP contribution < -0.4 is 17.2 Å². The van der Waals surface area contributed by atoms with Gasteiger partial charge in [0.15, 0.2) is 5.16 Å². The van der Waals surface area contributed by atoms with E-state index in [4.69, 9.17) is 17.2 Å². The summed E-state index contributed by atoms with van der Waals surface area (Å²) in [6.07, 6.45) is 0. The van der Waals surface area contributed by atoms with Gasteiger partial charge in [-0.1, -0.05) is 11.8 Å². The third-order valence-corrected chi connectivity index (χ3v) is 2.39. The van der Waals surface area contributed by atoms with Gasteiger partial charge in [-0.05, 0) is 0 Å². The third kappa shape index (κ3) is 3.13. The molecule has 1 aromatic rings. The lowest BCUT2D eigenvalue weighted by Crippen LogP contribution is -2.21. The van der Waals surface area contributed by atoms with Crippen molar-refractivity contribution in [2.45, 2.75) is 11.7 Å². The number of nitrogens with zero attached hydrogens (tertiary/aromatic N) is 3. The van der Waals surface area contributed by atoms with Crippen LogP contribution in [0.5, 0.6) is 0 Å². The van der Waals surface area contributed by atoms with Gasteiger partial charge >= 0.3 is 0 Å². The molecule has 0 saturated carbocycles. The van der Waals surface area contributed by atoms with Crippen molar-refractivity contribution in [3.8, 4) is 0 Å². The van der Waals surface area contributed by atoms with Crippen LogP contribution in [-0.4, -0.2) is 32.3 Å². The van der Waals surface area contributed by atoms with Crippen LogP contribution in [0, 0.1) is 0 Å². The molecule has 82 valence electrons. The predicted molar refractivity (Wildman–Crippen MR) is 53.5 cm³/mol. The Labute approximate surface area is 89.2 Å². The topological polar surface area (TPSA) is 143 Å². The maximum absolute atomic E-state index is 10.7. The number of amides is 2. The van der Waals surface area contributed by atoms with Crippen molar-refractivity contribution < 1.29 is 9.59 Å². The van der Waals surface area contributed by atoms with Gasteiger partial charge in [-0.15, -0.1) is 10.2 Å². The van der Waals surface area contributed by atoms with Gasteiger partial charge in [-0.2, -0.15) is 0 Å². The average molecular weight is 230 g/mol. The molecule has 15 heavy (non-hydrogen) atoms. The lowest BCUT2D eigenvalue weighted by atomic mass is 10.6. The number of thioether (sulfide) groups is 1. The van der Waals surface area contributed by atoms with E-state index in [1.54, 1.807) is 0 Å². The monoisotopic (exact) mass is 230 g/mol. The van der Waals surface area contributed by atoms with Crippen molar-refractivity contribution in [3.05, 3.63) is 0 Å². The summed E-state index contributed by atoms with van der Waals surface area (Å²) in [4.78, 5) is 21.2. The van der Waals surface area contributed by atoms with E-state index >= 15 is 0 Å². The van der Waals surface area contributed by atoms with Crippen LogP contribution in [0.3, 0.4) is 0 Å². The van der Waals surface area contributed by atoms with Gasteiger partial charge in [0, 0.05) is 0 Å². The number of nitrogen functional groups attached to an aromatic ring is 1. The molecule has 0 unspecified atom stereocenters. The first-order valence-corrected chi connectivity index (χ1v) is 4.87. The molecule has 8 nitrogen and oxygen atoms in total. The largest absolute Gasteiger partial charge is 0.369 e. The predicted octanol–water partition coefficient (Wildman–Crippen LogP) is -2.08. The molecule has 6 N–H and O–H groups in total. The van der Waals surface area contributed by atoms with Gasteiger partial charge in [0.2, 0.25) is 17.8 Å². The SMILES string of the molecule is NC(=O)CSc1nnc(N)n1CC(N)=O. The Balaban J connectivity index is 2.78. The quantitative estimate of drug-likeness (QED) is 0.495. The maximum atomic E-state index is 10.7. The average Bonchev–Trinajstić information content (AvgIpc) is 2.44. The number of primary amides is 2. The van der Waals surface area contributed by atoms with Crippen molar-refractivity contribution in [1.82, 2.24) is 14.8 Å². The van der Waals surface area contributed by atoms with Crippen LogP contribution in [0.25, 0.3) is 0 Å². The van der Waals surface area contributed by atoms with E-state index in [0.717, 1.165) is 11.8 Å². The Morgan fingerprint density at radius 3 is 2.47 bits per heavy atom. The Morgan fingerprint density at radius 1 is 1.27 bits per heavy atom. The van der Waals surface area contributed by atoms with Crippen LogP contribution in [-0.2, 0) is 16.1 Å². The second-order valence-electron chi connectivity index (χ2n) is 2.65. The van der Waals surface area contributed by atoms with E-state index in [1.807, 2.05) is 0 Å². The Hall–Kier alpha value is -1.77. The van der Waals surface area contributed by atoms with Crippen LogP contribution in [0.15, 0.2) is 5.16 Å². The third-order valence-electron chi connectivity index (χ3n) is 1.40. The van der Waals surface area contributed by atoms with E-state index in [9.17, 15) is 9.59 Å².